The van der Waals surface area contributed by atoms with Gasteiger partial charge in [0.05, 0.1) is 0 Å². The minimum atomic E-state index is -3.35. The third kappa shape index (κ3) is 4.07. The molecule has 0 saturated carbocycles. The molecule has 1 aromatic carbocycles. The normalized spacial score (nSPS) is 13.1. The predicted molar refractivity (Wildman–Crippen MR) is 67.0 cm³/mol. The van der Waals surface area contributed by atoms with E-state index in [0.717, 1.165) is 11.8 Å². The molecule has 0 aliphatic heterocycles. The van der Waals surface area contributed by atoms with E-state index >= 15 is 0 Å². The van der Waals surface area contributed by atoms with Crippen LogP contribution < -0.4 is 11.1 Å². The number of benzene rings is 1. The maximum atomic E-state index is 11.5. The zero-order valence-electron chi connectivity index (χ0n) is 9.80. The Kier molecular flexibility index (Phi) is 4.11. The molecule has 6 heteroatoms. The number of nitrogens with one attached hydrogen (secondary N) is 1. The van der Waals surface area contributed by atoms with E-state index in [-0.39, 0.29) is 6.54 Å². The summed E-state index contributed by atoms with van der Waals surface area (Å²) in [5.74, 6) is -0.505. The van der Waals surface area contributed by atoms with Crippen molar-refractivity contribution in [3.8, 4) is 0 Å². The van der Waals surface area contributed by atoms with E-state index in [4.69, 9.17) is 5.73 Å². The van der Waals surface area contributed by atoms with E-state index in [2.05, 4.69) is 5.32 Å². The number of amides is 1. The predicted octanol–water partition coefficient (Wildman–Crippen LogP) is 0.318. The number of carbonyl (C=O) groups is 1. The van der Waals surface area contributed by atoms with Crippen LogP contribution in [0.2, 0.25) is 0 Å². The molecule has 0 radical (unpaired) electrons. The van der Waals surface area contributed by atoms with Crippen LogP contribution >= 0.6 is 0 Å². The Morgan fingerprint density at radius 1 is 1.47 bits per heavy atom. The standard InChI is InChI=1S/C11H16N2O3S/c1-8(17(2,15)16)11(14)13-7-9-4-3-5-10(12)6-9/h3-6,8H,7,12H2,1-2H3,(H,13,14). The first-order chi connectivity index (χ1) is 7.80. The van der Waals surface area contributed by atoms with Gasteiger partial charge >= 0.3 is 0 Å². The molecule has 0 aliphatic carbocycles. The van der Waals surface area contributed by atoms with Gasteiger partial charge in [0.1, 0.15) is 5.25 Å². The Morgan fingerprint density at radius 3 is 2.65 bits per heavy atom. The molecule has 0 bridgehead atoms. The van der Waals surface area contributed by atoms with Gasteiger partial charge in [-0.3, -0.25) is 4.79 Å². The fourth-order valence-corrected chi connectivity index (χ4v) is 1.70. The zero-order valence-corrected chi connectivity index (χ0v) is 10.6. The van der Waals surface area contributed by atoms with Crippen LogP contribution in [0.1, 0.15) is 12.5 Å². The summed E-state index contributed by atoms with van der Waals surface area (Å²) in [5.41, 5.74) is 7.02. The second kappa shape index (κ2) is 5.18. The molecule has 1 unspecified atom stereocenters. The number of rotatable bonds is 4. The van der Waals surface area contributed by atoms with Gasteiger partial charge in [-0.15, -0.1) is 0 Å². The van der Waals surface area contributed by atoms with Crippen LogP contribution in [-0.2, 0) is 21.2 Å². The third-order valence-corrected chi connectivity index (χ3v) is 3.93. The van der Waals surface area contributed by atoms with E-state index in [0.29, 0.717) is 5.69 Å². The quantitative estimate of drug-likeness (QED) is 0.759. The lowest BCUT2D eigenvalue weighted by atomic mass is 10.2. The van der Waals surface area contributed by atoms with Gasteiger partial charge in [0, 0.05) is 18.5 Å². The minimum absolute atomic E-state index is 0.268. The van der Waals surface area contributed by atoms with Crippen LogP contribution in [0.25, 0.3) is 0 Å². The van der Waals surface area contributed by atoms with Gasteiger partial charge in [-0.25, -0.2) is 8.42 Å². The number of hydrogen-bond donors (Lipinski definition) is 2. The van der Waals surface area contributed by atoms with Crippen molar-refractivity contribution in [3.05, 3.63) is 29.8 Å². The summed E-state index contributed by atoms with van der Waals surface area (Å²) in [5, 5.41) is 1.52. The number of nitrogen functional groups attached to an aromatic ring is 1. The second-order valence-corrected chi connectivity index (χ2v) is 6.30. The van der Waals surface area contributed by atoms with E-state index in [1.165, 1.54) is 6.92 Å². The molecule has 17 heavy (non-hydrogen) atoms. The number of carbonyl (C=O) groups excluding carboxylic acids is 1. The maximum absolute atomic E-state index is 11.5. The van der Waals surface area contributed by atoms with Crippen LogP contribution in [0.5, 0.6) is 0 Å². The van der Waals surface area contributed by atoms with Crippen LogP contribution in [0.3, 0.4) is 0 Å². The summed E-state index contributed by atoms with van der Waals surface area (Å²) in [4.78, 5) is 11.5. The first kappa shape index (κ1) is 13.5. The Hall–Kier alpha value is -1.56. The first-order valence-electron chi connectivity index (χ1n) is 5.11. The van der Waals surface area contributed by atoms with Gasteiger partial charge in [0.2, 0.25) is 5.91 Å². The molecule has 0 fully saturated rings. The zero-order chi connectivity index (χ0) is 13.1. The second-order valence-electron chi connectivity index (χ2n) is 3.93. The highest BCUT2D eigenvalue weighted by Crippen LogP contribution is 2.06. The third-order valence-electron chi connectivity index (χ3n) is 2.43. The van der Waals surface area contributed by atoms with Gasteiger partial charge in [0.15, 0.2) is 9.84 Å². The summed E-state index contributed by atoms with van der Waals surface area (Å²) < 4.78 is 22.3. The topological polar surface area (TPSA) is 89.3 Å². The molecular weight excluding hydrogens is 240 g/mol. The lowest BCUT2D eigenvalue weighted by Gasteiger charge is -2.10. The molecule has 94 valence electrons. The van der Waals surface area contributed by atoms with Crippen molar-refractivity contribution in [2.75, 3.05) is 12.0 Å². The van der Waals surface area contributed by atoms with E-state index in [1.807, 2.05) is 6.07 Å². The molecular formula is C11H16N2O3S. The molecule has 5 nitrogen and oxygen atoms in total. The highest BCUT2D eigenvalue weighted by molar-refractivity contribution is 7.92. The van der Waals surface area contributed by atoms with Crippen molar-refractivity contribution in [3.63, 3.8) is 0 Å². The highest BCUT2D eigenvalue weighted by atomic mass is 32.2. The number of anilines is 1. The molecule has 0 spiro atoms. The fourth-order valence-electron chi connectivity index (χ4n) is 1.23. The van der Waals surface area contributed by atoms with E-state index in [1.54, 1.807) is 18.2 Å². The lowest BCUT2D eigenvalue weighted by Crippen LogP contribution is -2.36. The molecule has 1 atom stereocenters. The first-order valence-corrected chi connectivity index (χ1v) is 7.07. The Morgan fingerprint density at radius 2 is 2.12 bits per heavy atom. The van der Waals surface area contributed by atoms with Gasteiger partial charge < -0.3 is 11.1 Å². The number of nitrogens with two attached hydrogens (primary N) is 1. The summed E-state index contributed by atoms with van der Waals surface area (Å²) in [6, 6.07) is 7.05. The molecule has 0 heterocycles. The van der Waals surface area contributed by atoms with Crippen molar-refractivity contribution in [1.82, 2.24) is 5.32 Å². The molecule has 1 amide bonds. The van der Waals surface area contributed by atoms with Crippen molar-refractivity contribution < 1.29 is 13.2 Å². The molecule has 1 rings (SSSR count). The Bertz CT molecular complexity index is 511. The molecule has 0 aliphatic rings. The maximum Gasteiger partial charge on any atom is 0.238 e. The Labute approximate surface area is 101 Å². The van der Waals surface area contributed by atoms with Crippen molar-refractivity contribution >= 4 is 21.4 Å². The average molecular weight is 256 g/mol. The van der Waals surface area contributed by atoms with E-state index < -0.39 is 21.0 Å². The SMILES string of the molecule is CC(C(=O)NCc1cccc(N)c1)S(C)(=O)=O. The molecule has 3 N–H and O–H groups in total. The molecule has 1 aromatic rings. The number of hydrogen-bond acceptors (Lipinski definition) is 4. The lowest BCUT2D eigenvalue weighted by molar-refractivity contribution is -0.120. The average Bonchev–Trinajstić information content (AvgIpc) is 2.23. The summed E-state index contributed by atoms with van der Waals surface area (Å²) in [6.07, 6.45) is 1.04. The van der Waals surface area contributed by atoms with Crippen molar-refractivity contribution in [2.24, 2.45) is 0 Å². The van der Waals surface area contributed by atoms with E-state index in [9.17, 15) is 13.2 Å². The summed E-state index contributed by atoms with van der Waals surface area (Å²) in [7, 11) is -3.35. The van der Waals surface area contributed by atoms with Crippen molar-refractivity contribution in [1.29, 1.82) is 0 Å². The van der Waals surface area contributed by atoms with Gasteiger partial charge in [0.25, 0.3) is 0 Å². The fraction of sp³-hybridized carbons (Fsp3) is 0.364. The van der Waals surface area contributed by atoms with Gasteiger partial charge in [-0.1, -0.05) is 12.1 Å². The van der Waals surface area contributed by atoms with Crippen LogP contribution in [0.4, 0.5) is 5.69 Å². The van der Waals surface area contributed by atoms with Crippen LogP contribution in [-0.4, -0.2) is 25.8 Å². The van der Waals surface area contributed by atoms with Crippen LogP contribution in [0, 0.1) is 0 Å². The smallest absolute Gasteiger partial charge is 0.238 e. The summed E-state index contributed by atoms with van der Waals surface area (Å²) >= 11 is 0. The molecule has 0 saturated heterocycles. The van der Waals surface area contributed by atoms with Crippen LogP contribution in [0.15, 0.2) is 24.3 Å². The highest BCUT2D eigenvalue weighted by Gasteiger charge is 2.22. The Balaban J connectivity index is 2.60. The summed E-state index contributed by atoms with van der Waals surface area (Å²) in [6.45, 7) is 1.63. The monoisotopic (exact) mass is 256 g/mol. The number of sulfone groups is 1. The molecule has 0 aromatic heterocycles. The van der Waals surface area contributed by atoms with Gasteiger partial charge in [-0.05, 0) is 24.6 Å². The minimum Gasteiger partial charge on any atom is -0.399 e. The van der Waals surface area contributed by atoms with Gasteiger partial charge in [-0.2, -0.15) is 0 Å². The largest absolute Gasteiger partial charge is 0.399 e. The van der Waals surface area contributed by atoms with Crippen molar-refractivity contribution in [2.45, 2.75) is 18.7 Å².